The smallest absolute Gasteiger partial charge is 0.406 e. The van der Waals surface area contributed by atoms with Crippen molar-refractivity contribution in [2.75, 3.05) is 13.2 Å². The van der Waals surface area contributed by atoms with Crippen LogP contribution in [0.5, 0.6) is 5.75 Å². The third-order valence-electron chi connectivity index (χ3n) is 2.99. The molecule has 21 heavy (non-hydrogen) atoms. The molecular formula is C14H12F3NO3. The molecule has 0 aliphatic carbocycles. The standard InChI is InChI=1S/C14H12F3NO3/c15-14(16,17)21-11-5-3-10(4-6-11)18-7-1-2-12(18)13-19-8-9-20-13/h1-7,13H,8-9H2. The zero-order valence-electron chi connectivity index (χ0n) is 10.8. The van der Waals surface area contributed by atoms with E-state index in [9.17, 15) is 13.2 Å². The van der Waals surface area contributed by atoms with Gasteiger partial charge < -0.3 is 18.8 Å². The predicted octanol–water partition coefficient (Wildman–Crippen LogP) is 3.42. The largest absolute Gasteiger partial charge is 0.573 e. The molecule has 1 aliphatic rings. The van der Waals surface area contributed by atoms with E-state index in [-0.39, 0.29) is 5.75 Å². The van der Waals surface area contributed by atoms with Crippen molar-refractivity contribution in [3.05, 3.63) is 48.3 Å². The topological polar surface area (TPSA) is 32.6 Å². The highest BCUT2D eigenvalue weighted by Crippen LogP contribution is 2.28. The Morgan fingerprint density at radius 2 is 1.71 bits per heavy atom. The molecule has 0 unspecified atom stereocenters. The summed E-state index contributed by atoms with van der Waals surface area (Å²) in [6.45, 7) is 1.04. The summed E-state index contributed by atoms with van der Waals surface area (Å²) in [6.07, 6.45) is -3.35. The highest BCUT2D eigenvalue weighted by Gasteiger charge is 2.31. The first-order valence-electron chi connectivity index (χ1n) is 6.29. The average Bonchev–Trinajstić information content (AvgIpc) is 3.08. The Morgan fingerprint density at radius 3 is 2.33 bits per heavy atom. The zero-order valence-corrected chi connectivity index (χ0v) is 10.8. The first kappa shape index (κ1) is 14.0. The van der Waals surface area contributed by atoms with Gasteiger partial charge in [0.05, 0.1) is 18.9 Å². The van der Waals surface area contributed by atoms with Crippen LogP contribution >= 0.6 is 0 Å². The summed E-state index contributed by atoms with van der Waals surface area (Å²) in [4.78, 5) is 0. The van der Waals surface area contributed by atoms with Crippen LogP contribution in [0, 0.1) is 0 Å². The molecule has 1 aromatic carbocycles. The minimum Gasteiger partial charge on any atom is -0.406 e. The number of alkyl halides is 3. The summed E-state index contributed by atoms with van der Waals surface area (Å²) in [7, 11) is 0. The van der Waals surface area contributed by atoms with Crippen molar-refractivity contribution in [1.29, 1.82) is 0 Å². The van der Waals surface area contributed by atoms with Gasteiger partial charge in [-0.1, -0.05) is 0 Å². The molecule has 1 aromatic heterocycles. The number of hydrogen-bond donors (Lipinski definition) is 0. The number of aromatic nitrogens is 1. The number of hydrogen-bond acceptors (Lipinski definition) is 3. The minimum atomic E-state index is -4.69. The fourth-order valence-corrected chi connectivity index (χ4v) is 2.16. The molecular weight excluding hydrogens is 287 g/mol. The van der Waals surface area contributed by atoms with Crippen molar-refractivity contribution >= 4 is 0 Å². The third kappa shape index (κ3) is 3.20. The average molecular weight is 299 g/mol. The summed E-state index contributed by atoms with van der Waals surface area (Å²) < 4.78 is 52.9. The molecule has 0 amide bonds. The zero-order chi connectivity index (χ0) is 14.9. The SMILES string of the molecule is FC(F)(F)Oc1ccc(-n2cccc2C2OCCO2)cc1. The maximum absolute atomic E-state index is 12.1. The first-order valence-corrected chi connectivity index (χ1v) is 6.29. The van der Waals surface area contributed by atoms with Crippen LogP contribution in [-0.4, -0.2) is 24.1 Å². The monoisotopic (exact) mass is 299 g/mol. The van der Waals surface area contributed by atoms with E-state index in [1.165, 1.54) is 12.1 Å². The van der Waals surface area contributed by atoms with Gasteiger partial charge >= 0.3 is 6.36 Å². The Bertz CT molecular complexity index is 601. The summed E-state index contributed by atoms with van der Waals surface area (Å²) in [5, 5.41) is 0. The minimum absolute atomic E-state index is 0.256. The molecule has 0 saturated carbocycles. The van der Waals surface area contributed by atoms with Crippen molar-refractivity contribution in [3.63, 3.8) is 0 Å². The lowest BCUT2D eigenvalue weighted by molar-refractivity contribution is -0.274. The molecule has 7 heteroatoms. The Hall–Kier alpha value is -1.99. The van der Waals surface area contributed by atoms with Gasteiger partial charge in [0.15, 0.2) is 6.29 Å². The fourth-order valence-electron chi connectivity index (χ4n) is 2.16. The van der Waals surface area contributed by atoms with Gasteiger partial charge in [-0.25, -0.2) is 0 Å². The molecule has 0 bridgehead atoms. The van der Waals surface area contributed by atoms with Crippen molar-refractivity contribution in [2.24, 2.45) is 0 Å². The highest BCUT2D eigenvalue weighted by molar-refractivity contribution is 5.39. The van der Waals surface area contributed by atoms with Crippen molar-refractivity contribution < 1.29 is 27.4 Å². The van der Waals surface area contributed by atoms with E-state index >= 15 is 0 Å². The Kier molecular flexibility index (Phi) is 3.60. The van der Waals surface area contributed by atoms with Crippen LogP contribution in [-0.2, 0) is 9.47 Å². The van der Waals surface area contributed by atoms with Crippen molar-refractivity contribution in [1.82, 2.24) is 4.57 Å². The maximum Gasteiger partial charge on any atom is 0.573 e. The molecule has 0 atom stereocenters. The van der Waals surface area contributed by atoms with Gasteiger partial charge in [-0.3, -0.25) is 0 Å². The lowest BCUT2D eigenvalue weighted by Gasteiger charge is -2.14. The summed E-state index contributed by atoms with van der Waals surface area (Å²) >= 11 is 0. The first-order chi connectivity index (χ1) is 10.0. The van der Waals surface area contributed by atoms with E-state index in [1.807, 2.05) is 12.1 Å². The number of rotatable bonds is 3. The van der Waals surface area contributed by atoms with Crippen LogP contribution in [0.25, 0.3) is 5.69 Å². The molecule has 0 N–H and O–H groups in total. The van der Waals surface area contributed by atoms with Gasteiger partial charge in [-0.15, -0.1) is 13.2 Å². The van der Waals surface area contributed by atoms with Gasteiger partial charge in [0.2, 0.25) is 0 Å². The van der Waals surface area contributed by atoms with Crippen molar-refractivity contribution in [2.45, 2.75) is 12.7 Å². The number of ether oxygens (including phenoxy) is 3. The van der Waals surface area contributed by atoms with Gasteiger partial charge in [0.1, 0.15) is 5.75 Å². The normalized spacial score (nSPS) is 16.3. The molecule has 1 saturated heterocycles. The van der Waals surface area contributed by atoms with E-state index in [1.54, 1.807) is 22.9 Å². The van der Waals surface area contributed by atoms with Gasteiger partial charge in [0, 0.05) is 11.9 Å². The molecule has 3 rings (SSSR count). The van der Waals surface area contributed by atoms with Crippen LogP contribution in [0.2, 0.25) is 0 Å². The Balaban J connectivity index is 1.83. The van der Waals surface area contributed by atoms with E-state index in [2.05, 4.69) is 4.74 Å². The lowest BCUT2D eigenvalue weighted by atomic mass is 10.3. The molecule has 2 aromatic rings. The molecule has 0 spiro atoms. The molecule has 0 radical (unpaired) electrons. The Morgan fingerprint density at radius 1 is 1.05 bits per heavy atom. The number of halogens is 3. The summed E-state index contributed by atoms with van der Waals surface area (Å²) in [6, 6.07) is 9.28. The summed E-state index contributed by atoms with van der Waals surface area (Å²) in [5.41, 5.74) is 1.49. The van der Waals surface area contributed by atoms with Gasteiger partial charge in [0.25, 0.3) is 0 Å². The van der Waals surface area contributed by atoms with Crippen LogP contribution in [0.3, 0.4) is 0 Å². The molecule has 1 aliphatic heterocycles. The van der Waals surface area contributed by atoms with E-state index in [0.29, 0.717) is 18.9 Å². The van der Waals surface area contributed by atoms with E-state index < -0.39 is 12.7 Å². The van der Waals surface area contributed by atoms with Crippen LogP contribution < -0.4 is 4.74 Å². The van der Waals surface area contributed by atoms with E-state index in [0.717, 1.165) is 5.69 Å². The lowest BCUT2D eigenvalue weighted by Crippen LogP contribution is -2.17. The second-order valence-electron chi connectivity index (χ2n) is 4.42. The van der Waals surface area contributed by atoms with Crippen LogP contribution in [0.4, 0.5) is 13.2 Å². The Labute approximate surface area is 118 Å². The number of nitrogens with zero attached hydrogens (tertiary/aromatic N) is 1. The van der Waals surface area contributed by atoms with Crippen LogP contribution in [0.15, 0.2) is 42.6 Å². The van der Waals surface area contributed by atoms with Crippen LogP contribution in [0.1, 0.15) is 12.0 Å². The fraction of sp³-hybridized carbons (Fsp3) is 0.286. The predicted molar refractivity (Wildman–Crippen MR) is 67.1 cm³/mol. The second-order valence-corrected chi connectivity index (χ2v) is 4.42. The van der Waals surface area contributed by atoms with Gasteiger partial charge in [-0.2, -0.15) is 0 Å². The molecule has 4 nitrogen and oxygen atoms in total. The molecule has 2 heterocycles. The summed E-state index contributed by atoms with van der Waals surface area (Å²) in [5.74, 6) is -0.256. The van der Waals surface area contributed by atoms with Gasteiger partial charge in [-0.05, 0) is 36.4 Å². The highest BCUT2D eigenvalue weighted by atomic mass is 19.4. The second kappa shape index (κ2) is 5.42. The third-order valence-corrected chi connectivity index (χ3v) is 2.99. The van der Waals surface area contributed by atoms with E-state index in [4.69, 9.17) is 9.47 Å². The number of benzene rings is 1. The molecule has 112 valence electrons. The molecule has 1 fully saturated rings. The van der Waals surface area contributed by atoms with Crippen molar-refractivity contribution in [3.8, 4) is 11.4 Å². The quantitative estimate of drug-likeness (QED) is 0.870. The maximum atomic E-state index is 12.1.